The van der Waals surface area contributed by atoms with Gasteiger partial charge in [0.2, 0.25) is 17.7 Å². The molecule has 1 aromatic rings. The lowest BCUT2D eigenvalue weighted by Gasteiger charge is -2.30. The first-order chi connectivity index (χ1) is 13.3. The van der Waals surface area contributed by atoms with Crippen LogP contribution in [0.15, 0.2) is 18.2 Å². The van der Waals surface area contributed by atoms with Gasteiger partial charge in [-0.25, -0.2) is 0 Å². The Morgan fingerprint density at radius 1 is 1.21 bits per heavy atom. The van der Waals surface area contributed by atoms with Crippen LogP contribution in [0.2, 0.25) is 5.02 Å². The maximum Gasteiger partial charge on any atom is 0.250 e. The van der Waals surface area contributed by atoms with Crippen molar-refractivity contribution in [1.82, 2.24) is 10.2 Å². The van der Waals surface area contributed by atoms with E-state index in [2.05, 4.69) is 24.5 Å². The minimum absolute atomic E-state index is 0.151. The lowest BCUT2D eigenvalue weighted by Crippen LogP contribution is -2.53. The molecule has 6 nitrogen and oxygen atoms in total. The molecule has 3 amide bonds. The maximum atomic E-state index is 13.4. The molecule has 1 spiro atoms. The summed E-state index contributed by atoms with van der Waals surface area (Å²) in [6.45, 7) is 6.60. The van der Waals surface area contributed by atoms with E-state index in [-0.39, 0.29) is 23.8 Å². The van der Waals surface area contributed by atoms with Gasteiger partial charge in [-0.2, -0.15) is 0 Å². The van der Waals surface area contributed by atoms with Crippen LogP contribution in [-0.4, -0.2) is 35.2 Å². The molecule has 7 heteroatoms. The fraction of sp³-hybridized carbons (Fsp3) is 0.571. The predicted molar refractivity (Wildman–Crippen MR) is 107 cm³/mol. The van der Waals surface area contributed by atoms with Crippen molar-refractivity contribution in [1.29, 1.82) is 0 Å². The normalized spacial score (nSPS) is 31.1. The Kier molecular flexibility index (Phi) is 4.74. The molecule has 3 heterocycles. The number of rotatable bonds is 5. The number of unbranched alkanes of at least 4 members (excludes halogenated alkanes) is 1. The second-order valence-electron chi connectivity index (χ2n) is 8.52. The number of carbonyl (C=O) groups excluding carboxylic acids is 3. The molecule has 4 atom stereocenters. The van der Waals surface area contributed by atoms with Crippen molar-refractivity contribution in [2.24, 2.45) is 17.8 Å². The number of likely N-dealkylation sites (tertiary alicyclic amines) is 1. The Labute approximate surface area is 170 Å². The smallest absolute Gasteiger partial charge is 0.250 e. The van der Waals surface area contributed by atoms with Gasteiger partial charge in [0.15, 0.2) is 0 Å². The first kappa shape index (κ1) is 19.4. The fourth-order valence-electron chi connectivity index (χ4n) is 5.08. The number of hydrogen-bond donors (Lipinski definition) is 2. The monoisotopic (exact) mass is 403 g/mol. The van der Waals surface area contributed by atoms with Crippen LogP contribution in [0.3, 0.4) is 0 Å². The molecule has 3 aliphatic rings. The number of anilines is 1. The lowest BCUT2D eigenvalue weighted by molar-refractivity contribution is -0.142. The zero-order valence-electron chi connectivity index (χ0n) is 16.4. The van der Waals surface area contributed by atoms with Crippen LogP contribution in [0.4, 0.5) is 5.69 Å². The van der Waals surface area contributed by atoms with Crippen LogP contribution in [-0.2, 0) is 19.9 Å². The van der Waals surface area contributed by atoms with E-state index < -0.39 is 17.4 Å². The molecular formula is C21H26ClN3O3. The van der Waals surface area contributed by atoms with Crippen molar-refractivity contribution < 1.29 is 14.4 Å². The maximum absolute atomic E-state index is 13.4. The molecule has 0 bridgehead atoms. The minimum Gasteiger partial charge on any atom is -0.324 e. The SMILES string of the molecule is CCCCN1C(=O)[C@H]2C(CC(C)C)NC3(C(=O)Nc4ccc(Cl)cc43)[C@H]2C1=O. The molecule has 2 N–H and O–H groups in total. The second-order valence-corrected chi connectivity index (χ2v) is 8.95. The summed E-state index contributed by atoms with van der Waals surface area (Å²) in [5.41, 5.74) is 0.0842. The highest BCUT2D eigenvalue weighted by molar-refractivity contribution is 6.31. The van der Waals surface area contributed by atoms with Gasteiger partial charge in [-0.05, 0) is 37.0 Å². The number of hydrogen-bond acceptors (Lipinski definition) is 4. The molecule has 0 aromatic heterocycles. The molecule has 2 saturated heterocycles. The standard InChI is InChI=1S/C21H26ClN3O3/c1-4-5-8-25-18(26)16-15(9-11(2)3)24-21(17(16)19(25)27)13-10-12(22)6-7-14(13)23-20(21)28/h6-7,10-11,15-17,24H,4-5,8-9H2,1-3H3,(H,23,28)/t15?,16-,17+,21?/m0/s1. The van der Waals surface area contributed by atoms with Crippen molar-refractivity contribution >= 4 is 35.0 Å². The zero-order valence-corrected chi connectivity index (χ0v) is 17.2. The Morgan fingerprint density at radius 3 is 2.64 bits per heavy atom. The molecule has 1 aromatic carbocycles. The van der Waals surface area contributed by atoms with Gasteiger partial charge in [0.05, 0.1) is 11.8 Å². The molecule has 0 aliphatic carbocycles. The molecule has 4 rings (SSSR count). The van der Waals surface area contributed by atoms with Crippen molar-refractivity contribution in [3.05, 3.63) is 28.8 Å². The van der Waals surface area contributed by atoms with Gasteiger partial charge in [0.1, 0.15) is 5.54 Å². The highest BCUT2D eigenvalue weighted by Gasteiger charge is 2.70. The van der Waals surface area contributed by atoms with Crippen molar-refractivity contribution in [3.8, 4) is 0 Å². The molecule has 150 valence electrons. The zero-order chi connectivity index (χ0) is 20.2. The molecule has 0 saturated carbocycles. The summed E-state index contributed by atoms with van der Waals surface area (Å²) in [6.07, 6.45) is 2.37. The third kappa shape index (κ3) is 2.61. The van der Waals surface area contributed by atoms with Crippen LogP contribution in [0.25, 0.3) is 0 Å². The Hall–Kier alpha value is -1.92. The third-order valence-electron chi connectivity index (χ3n) is 6.23. The average molecular weight is 404 g/mol. The van der Waals surface area contributed by atoms with E-state index >= 15 is 0 Å². The molecule has 0 radical (unpaired) electrons. The fourth-order valence-corrected chi connectivity index (χ4v) is 5.25. The van der Waals surface area contributed by atoms with E-state index in [1.807, 2.05) is 6.92 Å². The Morgan fingerprint density at radius 2 is 1.96 bits per heavy atom. The summed E-state index contributed by atoms with van der Waals surface area (Å²) in [6, 6.07) is 4.98. The van der Waals surface area contributed by atoms with E-state index in [1.54, 1.807) is 18.2 Å². The number of imide groups is 1. The number of nitrogens with one attached hydrogen (secondary N) is 2. The van der Waals surface area contributed by atoms with Gasteiger partial charge < -0.3 is 5.32 Å². The van der Waals surface area contributed by atoms with E-state index in [1.165, 1.54) is 4.90 Å². The van der Waals surface area contributed by atoms with Crippen LogP contribution < -0.4 is 10.6 Å². The van der Waals surface area contributed by atoms with Crippen LogP contribution in [0.1, 0.15) is 45.6 Å². The number of nitrogens with zero attached hydrogens (tertiary/aromatic N) is 1. The summed E-state index contributed by atoms with van der Waals surface area (Å²) < 4.78 is 0. The lowest BCUT2D eigenvalue weighted by atomic mass is 9.76. The second kappa shape index (κ2) is 6.85. The summed E-state index contributed by atoms with van der Waals surface area (Å²) in [7, 11) is 0. The van der Waals surface area contributed by atoms with Crippen LogP contribution in [0.5, 0.6) is 0 Å². The molecule has 3 aliphatic heterocycles. The summed E-state index contributed by atoms with van der Waals surface area (Å²) in [5.74, 6) is -1.61. The minimum atomic E-state index is -1.24. The van der Waals surface area contributed by atoms with Gasteiger partial charge in [0.25, 0.3) is 0 Å². The Balaban J connectivity index is 1.84. The molecule has 2 unspecified atom stereocenters. The topological polar surface area (TPSA) is 78.5 Å². The highest BCUT2D eigenvalue weighted by Crippen LogP contribution is 2.54. The van der Waals surface area contributed by atoms with Gasteiger partial charge >= 0.3 is 0 Å². The van der Waals surface area contributed by atoms with Crippen LogP contribution in [0, 0.1) is 17.8 Å². The summed E-state index contributed by atoms with van der Waals surface area (Å²) in [4.78, 5) is 41.2. The number of benzene rings is 1. The van der Waals surface area contributed by atoms with E-state index in [9.17, 15) is 14.4 Å². The van der Waals surface area contributed by atoms with Gasteiger partial charge in [-0.15, -0.1) is 0 Å². The predicted octanol–water partition coefficient (Wildman–Crippen LogP) is 2.91. The van der Waals surface area contributed by atoms with E-state index in [4.69, 9.17) is 11.6 Å². The largest absolute Gasteiger partial charge is 0.324 e. The van der Waals surface area contributed by atoms with Gasteiger partial charge in [-0.1, -0.05) is 38.8 Å². The van der Waals surface area contributed by atoms with Crippen molar-refractivity contribution in [2.45, 2.75) is 51.6 Å². The first-order valence-corrected chi connectivity index (χ1v) is 10.4. The van der Waals surface area contributed by atoms with Crippen molar-refractivity contribution in [3.63, 3.8) is 0 Å². The van der Waals surface area contributed by atoms with Gasteiger partial charge in [0, 0.05) is 28.9 Å². The highest BCUT2D eigenvalue weighted by atomic mass is 35.5. The van der Waals surface area contributed by atoms with Gasteiger partial charge in [-0.3, -0.25) is 24.6 Å². The molecular weight excluding hydrogens is 378 g/mol. The summed E-state index contributed by atoms with van der Waals surface area (Å²) in [5, 5.41) is 6.83. The summed E-state index contributed by atoms with van der Waals surface area (Å²) >= 11 is 6.23. The van der Waals surface area contributed by atoms with Crippen LogP contribution >= 0.6 is 11.6 Å². The number of fused-ring (bicyclic) bond motifs is 4. The molecule has 28 heavy (non-hydrogen) atoms. The molecule has 2 fully saturated rings. The quantitative estimate of drug-likeness (QED) is 0.741. The number of amides is 3. The van der Waals surface area contributed by atoms with E-state index in [0.717, 1.165) is 12.8 Å². The Bertz CT molecular complexity index is 855. The number of halogens is 1. The first-order valence-electron chi connectivity index (χ1n) is 10.1. The third-order valence-corrected chi connectivity index (χ3v) is 6.46. The number of carbonyl (C=O) groups is 3. The van der Waals surface area contributed by atoms with E-state index in [0.29, 0.717) is 35.2 Å². The average Bonchev–Trinajstić information content (AvgIpc) is 3.19. The van der Waals surface area contributed by atoms with Crippen molar-refractivity contribution in [2.75, 3.05) is 11.9 Å².